The molecule has 0 aromatic heterocycles. The van der Waals surface area contributed by atoms with E-state index in [0.29, 0.717) is 11.1 Å². The van der Waals surface area contributed by atoms with Crippen LogP contribution in [0.1, 0.15) is 5.56 Å². The topological polar surface area (TPSA) is 37.3 Å². The number of carboxylic acid groups (broad SMARTS) is 1. The van der Waals surface area contributed by atoms with E-state index in [2.05, 4.69) is 0 Å². The number of aliphatic carboxylic acids is 1. The van der Waals surface area contributed by atoms with Crippen LogP contribution in [0.25, 0.3) is 17.2 Å². The Morgan fingerprint density at radius 1 is 1.11 bits per heavy atom. The molecule has 19 heavy (non-hydrogen) atoms. The molecule has 0 bridgehead atoms. The molecular weight excluding hydrogens is 250 g/mol. The lowest BCUT2D eigenvalue weighted by Crippen LogP contribution is -1.91. The highest BCUT2D eigenvalue weighted by atomic mass is 19.1. The Bertz CT molecular complexity index is 648. The lowest BCUT2D eigenvalue weighted by atomic mass is 9.99. The fraction of sp³-hybridized carbons (Fsp3) is 0. The van der Waals surface area contributed by atoms with Gasteiger partial charge in [-0.1, -0.05) is 24.3 Å². The first-order valence-electron chi connectivity index (χ1n) is 5.53. The molecule has 1 N–H and O–H groups in total. The zero-order chi connectivity index (χ0) is 13.8. The predicted molar refractivity (Wildman–Crippen MR) is 68.5 cm³/mol. The Balaban J connectivity index is 2.57. The second-order valence-electron chi connectivity index (χ2n) is 3.88. The Hall–Kier alpha value is -2.49. The summed E-state index contributed by atoms with van der Waals surface area (Å²) in [6.45, 7) is 0. The van der Waals surface area contributed by atoms with E-state index in [0.717, 1.165) is 12.2 Å². The van der Waals surface area contributed by atoms with Crippen molar-refractivity contribution in [2.75, 3.05) is 0 Å². The molecule has 0 spiro atoms. The van der Waals surface area contributed by atoms with E-state index in [9.17, 15) is 13.6 Å². The van der Waals surface area contributed by atoms with Crippen LogP contribution in [0.3, 0.4) is 0 Å². The van der Waals surface area contributed by atoms with Crippen LogP contribution in [0.15, 0.2) is 48.5 Å². The summed E-state index contributed by atoms with van der Waals surface area (Å²) >= 11 is 0. The van der Waals surface area contributed by atoms with E-state index in [-0.39, 0.29) is 5.56 Å². The third-order valence-corrected chi connectivity index (χ3v) is 2.58. The van der Waals surface area contributed by atoms with Gasteiger partial charge in [0.05, 0.1) is 0 Å². The van der Waals surface area contributed by atoms with Crippen LogP contribution in [-0.2, 0) is 4.79 Å². The van der Waals surface area contributed by atoms with Gasteiger partial charge in [0.2, 0.25) is 0 Å². The smallest absolute Gasteiger partial charge is 0.328 e. The minimum absolute atomic E-state index is 0.121. The molecule has 0 aliphatic carbocycles. The van der Waals surface area contributed by atoms with E-state index in [1.165, 1.54) is 30.3 Å². The summed E-state index contributed by atoms with van der Waals surface area (Å²) in [7, 11) is 0. The van der Waals surface area contributed by atoms with Crippen LogP contribution in [0.5, 0.6) is 0 Å². The highest BCUT2D eigenvalue weighted by Gasteiger charge is 2.08. The van der Waals surface area contributed by atoms with Gasteiger partial charge in [-0.3, -0.25) is 0 Å². The molecular formula is C15H10F2O2. The van der Waals surface area contributed by atoms with Crippen molar-refractivity contribution in [2.24, 2.45) is 0 Å². The van der Waals surface area contributed by atoms with Crippen molar-refractivity contribution in [1.29, 1.82) is 0 Å². The fourth-order valence-electron chi connectivity index (χ4n) is 1.77. The normalized spacial score (nSPS) is 10.8. The summed E-state index contributed by atoms with van der Waals surface area (Å²) in [5.74, 6) is -2.16. The van der Waals surface area contributed by atoms with Gasteiger partial charge in [0, 0.05) is 11.6 Å². The van der Waals surface area contributed by atoms with E-state index in [1.807, 2.05) is 0 Å². The quantitative estimate of drug-likeness (QED) is 0.854. The molecule has 0 amide bonds. The first-order valence-corrected chi connectivity index (χ1v) is 5.53. The van der Waals surface area contributed by atoms with Crippen molar-refractivity contribution in [2.45, 2.75) is 0 Å². The maximum absolute atomic E-state index is 13.7. The Kier molecular flexibility index (Phi) is 3.71. The Labute approximate surface area is 108 Å². The molecule has 0 saturated carbocycles. The molecule has 0 radical (unpaired) electrons. The molecule has 2 nitrogen and oxygen atoms in total. The third kappa shape index (κ3) is 3.04. The number of carboxylic acids is 1. The van der Waals surface area contributed by atoms with Gasteiger partial charge in [0.25, 0.3) is 0 Å². The summed E-state index contributed by atoms with van der Waals surface area (Å²) in [6, 6.07) is 10.0. The summed E-state index contributed by atoms with van der Waals surface area (Å²) in [6.07, 6.45) is 2.01. The van der Waals surface area contributed by atoms with Gasteiger partial charge in [-0.25, -0.2) is 13.6 Å². The van der Waals surface area contributed by atoms with Crippen molar-refractivity contribution >= 4 is 12.0 Å². The van der Waals surface area contributed by atoms with Crippen molar-refractivity contribution in [3.63, 3.8) is 0 Å². The van der Waals surface area contributed by atoms with Crippen LogP contribution in [0, 0.1) is 11.6 Å². The first-order chi connectivity index (χ1) is 9.08. The average molecular weight is 260 g/mol. The molecule has 96 valence electrons. The van der Waals surface area contributed by atoms with Crippen LogP contribution in [0.2, 0.25) is 0 Å². The van der Waals surface area contributed by atoms with E-state index >= 15 is 0 Å². The molecule has 2 aromatic rings. The number of hydrogen-bond acceptors (Lipinski definition) is 1. The molecule has 4 heteroatoms. The molecule has 0 saturated heterocycles. The van der Waals surface area contributed by atoms with E-state index in [1.54, 1.807) is 12.1 Å². The van der Waals surface area contributed by atoms with E-state index in [4.69, 9.17) is 5.11 Å². The molecule has 0 fully saturated rings. The minimum atomic E-state index is -1.17. The van der Waals surface area contributed by atoms with Gasteiger partial charge in [-0.2, -0.15) is 0 Å². The highest BCUT2D eigenvalue weighted by Crippen LogP contribution is 2.27. The van der Waals surface area contributed by atoms with Gasteiger partial charge in [-0.15, -0.1) is 0 Å². The number of carbonyl (C=O) groups is 1. The Morgan fingerprint density at radius 3 is 2.53 bits per heavy atom. The van der Waals surface area contributed by atoms with Gasteiger partial charge < -0.3 is 5.11 Å². The lowest BCUT2D eigenvalue weighted by Gasteiger charge is -2.07. The highest BCUT2D eigenvalue weighted by molar-refractivity contribution is 5.88. The van der Waals surface area contributed by atoms with Crippen molar-refractivity contribution < 1.29 is 18.7 Å². The van der Waals surface area contributed by atoms with Crippen molar-refractivity contribution in [3.8, 4) is 11.1 Å². The second kappa shape index (κ2) is 5.44. The summed E-state index contributed by atoms with van der Waals surface area (Å²) < 4.78 is 26.9. The van der Waals surface area contributed by atoms with Gasteiger partial charge in [0.1, 0.15) is 11.6 Å². The number of hydrogen-bond donors (Lipinski definition) is 1. The van der Waals surface area contributed by atoms with Gasteiger partial charge in [0.15, 0.2) is 0 Å². The average Bonchev–Trinajstić information content (AvgIpc) is 2.37. The maximum atomic E-state index is 13.7. The maximum Gasteiger partial charge on any atom is 0.328 e. The fourth-order valence-corrected chi connectivity index (χ4v) is 1.77. The van der Waals surface area contributed by atoms with Crippen molar-refractivity contribution in [1.82, 2.24) is 0 Å². The number of halogens is 2. The minimum Gasteiger partial charge on any atom is -0.478 e. The standard InChI is InChI=1S/C15H10F2O2/c16-11-4-1-3-10(9-11)12-5-2-6-14(17)13(12)7-8-15(18)19/h1-9H,(H,18,19)/b8-7+. The molecule has 0 heterocycles. The molecule has 0 aliphatic heterocycles. The second-order valence-corrected chi connectivity index (χ2v) is 3.88. The van der Waals surface area contributed by atoms with Gasteiger partial charge in [-0.05, 0) is 35.4 Å². The molecule has 0 unspecified atom stereocenters. The zero-order valence-electron chi connectivity index (χ0n) is 9.81. The molecule has 0 aliphatic rings. The summed E-state index contributed by atoms with van der Waals surface area (Å²) in [5.41, 5.74) is 1.05. The third-order valence-electron chi connectivity index (χ3n) is 2.58. The van der Waals surface area contributed by atoms with Crippen LogP contribution >= 0.6 is 0 Å². The number of rotatable bonds is 3. The molecule has 0 atom stereocenters. The van der Waals surface area contributed by atoms with Crippen molar-refractivity contribution in [3.05, 3.63) is 65.7 Å². The molecule has 2 aromatic carbocycles. The predicted octanol–water partition coefficient (Wildman–Crippen LogP) is 3.73. The molecule has 2 rings (SSSR count). The SMILES string of the molecule is O=C(O)/C=C/c1c(F)cccc1-c1cccc(F)c1. The van der Waals surface area contributed by atoms with Crippen LogP contribution in [-0.4, -0.2) is 11.1 Å². The van der Waals surface area contributed by atoms with Crippen LogP contribution in [0.4, 0.5) is 8.78 Å². The summed E-state index contributed by atoms with van der Waals surface area (Å²) in [5, 5.41) is 8.60. The monoisotopic (exact) mass is 260 g/mol. The van der Waals surface area contributed by atoms with Crippen LogP contribution < -0.4 is 0 Å². The largest absolute Gasteiger partial charge is 0.478 e. The number of benzene rings is 2. The van der Waals surface area contributed by atoms with E-state index < -0.39 is 17.6 Å². The first kappa shape index (κ1) is 13.0. The zero-order valence-corrected chi connectivity index (χ0v) is 9.81. The Morgan fingerprint density at radius 2 is 1.84 bits per heavy atom. The summed E-state index contributed by atoms with van der Waals surface area (Å²) in [4.78, 5) is 10.5. The van der Waals surface area contributed by atoms with Gasteiger partial charge >= 0.3 is 5.97 Å². The lowest BCUT2D eigenvalue weighted by molar-refractivity contribution is -0.131.